The first-order chi connectivity index (χ1) is 10.7. The number of rotatable bonds is 4. The Labute approximate surface area is 140 Å². The zero-order chi connectivity index (χ0) is 17.4. The summed E-state index contributed by atoms with van der Waals surface area (Å²) in [6.45, 7) is 4.38. The van der Waals surface area contributed by atoms with E-state index in [2.05, 4.69) is 0 Å². The molecule has 0 bridgehead atoms. The van der Waals surface area contributed by atoms with Gasteiger partial charge in [-0.15, -0.1) is 11.8 Å². The van der Waals surface area contributed by atoms with Gasteiger partial charge in [-0.25, -0.2) is 0 Å². The Morgan fingerprint density at radius 3 is 2.22 bits per heavy atom. The molecule has 0 saturated carbocycles. The van der Waals surface area contributed by atoms with Crippen LogP contribution in [0, 0.1) is 0 Å². The van der Waals surface area contributed by atoms with Crippen molar-refractivity contribution in [1.29, 1.82) is 0 Å². The molecule has 9 heteroatoms. The average molecular weight is 346 g/mol. The summed E-state index contributed by atoms with van der Waals surface area (Å²) >= 11 is 1.63. The normalized spacial score (nSPS) is 29.7. The summed E-state index contributed by atoms with van der Waals surface area (Å²) in [6.07, 6.45) is -1.21. The lowest BCUT2D eigenvalue weighted by atomic mass is 10.1. The summed E-state index contributed by atoms with van der Waals surface area (Å²) in [6, 6.07) is -1.92. The predicted molar refractivity (Wildman–Crippen MR) is 87.4 cm³/mol. The smallest absolute Gasteiger partial charge is 0.243 e. The van der Waals surface area contributed by atoms with Crippen molar-refractivity contribution in [2.24, 2.45) is 11.5 Å². The summed E-state index contributed by atoms with van der Waals surface area (Å²) in [5.74, 6) is 0.165. The number of carbonyl (C=O) groups excluding carboxylic acids is 2. The minimum absolute atomic E-state index is 0.292. The molecule has 8 nitrogen and oxygen atoms in total. The molecule has 2 aliphatic heterocycles. The van der Waals surface area contributed by atoms with E-state index in [9.17, 15) is 19.8 Å². The number of amides is 2. The van der Waals surface area contributed by atoms with Gasteiger partial charge in [0.05, 0.1) is 18.8 Å². The van der Waals surface area contributed by atoms with Crippen molar-refractivity contribution < 1.29 is 19.8 Å². The Morgan fingerprint density at radius 2 is 1.65 bits per heavy atom. The van der Waals surface area contributed by atoms with Crippen molar-refractivity contribution >= 4 is 23.6 Å². The van der Waals surface area contributed by atoms with Gasteiger partial charge in [-0.05, 0) is 20.3 Å². The fourth-order valence-corrected chi connectivity index (χ4v) is 4.49. The highest BCUT2D eigenvalue weighted by Gasteiger charge is 2.51. The second-order valence-electron chi connectivity index (χ2n) is 6.33. The lowest BCUT2D eigenvalue weighted by Crippen LogP contribution is -2.56. The third-order valence-corrected chi connectivity index (χ3v) is 6.05. The van der Waals surface area contributed by atoms with Crippen LogP contribution in [0.25, 0.3) is 0 Å². The van der Waals surface area contributed by atoms with Crippen LogP contribution in [0.3, 0.4) is 0 Å². The lowest BCUT2D eigenvalue weighted by Gasteiger charge is -2.36. The fraction of sp³-hybridized carbons (Fsp3) is 0.857. The van der Waals surface area contributed by atoms with Crippen LogP contribution in [0.1, 0.15) is 20.3 Å². The van der Waals surface area contributed by atoms with Crippen LogP contribution in [0.4, 0.5) is 0 Å². The monoisotopic (exact) mass is 346 g/mol. The largest absolute Gasteiger partial charge is 0.391 e. The first kappa shape index (κ1) is 18.5. The van der Waals surface area contributed by atoms with Gasteiger partial charge >= 0.3 is 0 Å². The molecule has 23 heavy (non-hydrogen) atoms. The Morgan fingerprint density at radius 1 is 1.09 bits per heavy atom. The Bertz CT molecular complexity index is 476. The molecular formula is C14H26N4O4S. The predicted octanol–water partition coefficient (Wildman–Crippen LogP) is -2.09. The van der Waals surface area contributed by atoms with Gasteiger partial charge in [0.25, 0.3) is 0 Å². The molecule has 5 atom stereocenters. The molecule has 0 aromatic carbocycles. The molecule has 0 aromatic rings. The third kappa shape index (κ3) is 3.48. The molecule has 2 aliphatic rings. The van der Waals surface area contributed by atoms with Crippen molar-refractivity contribution in [2.75, 3.05) is 25.4 Å². The highest BCUT2D eigenvalue weighted by Crippen LogP contribution is 2.43. The highest BCUT2D eigenvalue weighted by molar-refractivity contribution is 8.00. The molecular weight excluding hydrogens is 320 g/mol. The highest BCUT2D eigenvalue weighted by atomic mass is 32.2. The summed E-state index contributed by atoms with van der Waals surface area (Å²) < 4.78 is 0. The number of hydrogen-bond donors (Lipinski definition) is 4. The topological polar surface area (TPSA) is 133 Å². The SMILES string of the molecule is C[C@@H](O)[C@H](N)C(=O)N1CCC2(C1)SCCN2C(=O)[C@@H](N)[C@@H](C)O. The number of hydrogen-bond acceptors (Lipinski definition) is 7. The number of nitrogens with zero attached hydrogens (tertiary/aromatic N) is 2. The summed E-state index contributed by atoms with van der Waals surface area (Å²) in [7, 11) is 0. The number of thioether (sulfide) groups is 1. The summed E-state index contributed by atoms with van der Waals surface area (Å²) in [5, 5.41) is 19.1. The van der Waals surface area contributed by atoms with Crippen molar-refractivity contribution in [3.63, 3.8) is 0 Å². The molecule has 0 aromatic heterocycles. The van der Waals surface area contributed by atoms with E-state index < -0.39 is 29.2 Å². The molecule has 0 radical (unpaired) electrons. The number of carbonyl (C=O) groups is 2. The molecule has 2 rings (SSSR count). The van der Waals surface area contributed by atoms with Crippen LogP contribution in [0.2, 0.25) is 0 Å². The quantitative estimate of drug-likeness (QED) is 0.458. The van der Waals surface area contributed by atoms with Gasteiger partial charge in [0.2, 0.25) is 11.8 Å². The van der Waals surface area contributed by atoms with Crippen LogP contribution in [0.5, 0.6) is 0 Å². The molecule has 0 aliphatic carbocycles. The fourth-order valence-electron chi connectivity index (χ4n) is 3.02. The Hall–Kier alpha value is -0.870. The average Bonchev–Trinajstić information content (AvgIpc) is 3.11. The maximum absolute atomic E-state index is 12.5. The molecule has 6 N–H and O–H groups in total. The number of nitrogens with two attached hydrogens (primary N) is 2. The second-order valence-corrected chi connectivity index (χ2v) is 7.78. The molecule has 2 amide bonds. The van der Waals surface area contributed by atoms with E-state index in [0.717, 1.165) is 5.75 Å². The van der Waals surface area contributed by atoms with E-state index >= 15 is 0 Å². The lowest BCUT2D eigenvalue weighted by molar-refractivity contribution is -0.139. The van der Waals surface area contributed by atoms with E-state index in [4.69, 9.17) is 11.5 Å². The van der Waals surface area contributed by atoms with Crippen LogP contribution < -0.4 is 11.5 Å². The maximum Gasteiger partial charge on any atom is 0.243 e. The van der Waals surface area contributed by atoms with Gasteiger partial charge in [-0.1, -0.05) is 0 Å². The molecule has 2 saturated heterocycles. The van der Waals surface area contributed by atoms with Gasteiger partial charge in [0, 0.05) is 18.8 Å². The molecule has 1 unspecified atom stereocenters. The van der Waals surface area contributed by atoms with Crippen LogP contribution in [0.15, 0.2) is 0 Å². The first-order valence-electron chi connectivity index (χ1n) is 7.81. The van der Waals surface area contributed by atoms with Crippen molar-refractivity contribution in [3.05, 3.63) is 0 Å². The van der Waals surface area contributed by atoms with Gasteiger partial charge in [0.15, 0.2) is 0 Å². The molecule has 2 fully saturated rings. The van der Waals surface area contributed by atoms with Crippen LogP contribution >= 0.6 is 11.8 Å². The number of likely N-dealkylation sites (tertiary alicyclic amines) is 1. The van der Waals surface area contributed by atoms with Gasteiger partial charge in [-0.3, -0.25) is 9.59 Å². The minimum Gasteiger partial charge on any atom is -0.391 e. The van der Waals surface area contributed by atoms with Gasteiger partial charge in [0.1, 0.15) is 17.0 Å². The van der Waals surface area contributed by atoms with Crippen LogP contribution in [-0.2, 0) is 9.59 Å². The molecule has 2 heterocycles. The zero-order valence-corrected chi connectivity index (χ0v) is 14.3. The van der Waals surface area contributed by atoms with Crippen LogP contribution in [-0.4, -0.2) is 86.4 Å². The molecule has 1 spiro atoms. The summed E-state index contributed by atoms with van der Waals surface area (Å²) in [5.41, 5.74) is 11.5. The Kier molecular flexibility index (Phi) is 5.57. The number of aliphatic hydroxyl groups is 2. The third-order valence-electron chi connectivity index (χ3n) is 4.58. The zero-order valence-electron chi connectivity index (χ0n) is 13.5. The number of aliphatic hydroxyl groups excluding tert-OH is 2. The summed E-state index contributed by atoms with van der Waals surface area (Å²) in [4.78, 5) is 27.6. The first-order valence-corrected chi connectivity index (χ1v) is 8.80. The maximum atomic E-state index is 12.5. The van der Waals surface area contributed by atoms with Gasteiger partial charge < -0.3 is 31.5 Å². The van der Waals surface area contributed by atoms with Crippen molar-refractivity contribution in [2.45, 2.75) is 49.4 Å². The Balaban J connectivity index is 2.10. The van der Waals surface area contributed by atoms with Crippen molar-refractivity contribution in [1.82, 2.24) is 9.80 Å². The van der Waals surface area contributed by atoms with E-state index in [-0.39, 0.29) is 11.8 Å². The van der Waals surface area contributed by atoms with E-state index in [1.165, 1.54) is 13.8 Å². The van der Waals surface area contributed by atoms with E-state index in [1.54, 1.807) is 21.6 Å². The van der Waals surface area contributed by atoms with Crippen molar-refractivity contribution in [3.8, 4) is 0 Å². The minimum atomic E-state index is -0.963. The van der Waals surface area contributed by atoms with E-state index in [0.29, 0.717) is 26.1 Å². The second kappa shape index (κ2) is 6.94. The van der Waals surface area contributed by atoms with E-state index in [1.807, 2.05) is 0 Å². The standard InChI is InChI=1S/C14H26N4O4S/c1-8(19)10(15)12(21)17-4-3-14(7-17)18(5-6-23-14)13(22)11(16)9(2)20/h8-11,19-20H,3-7,15-16H2,1-2H3/t8-,9-,10+,11+,14?/m1/s1. The molecule has 132 valence electrons. The van der Waals surface area contributed by atoms with Gasteiger partial charge in [-0.2, -0.15) is 0 Å².